The van der Waals surface area contributed by atoms with Crippen molar-refractivity contribution in [3.05, 3.63) is 81.7 Å². The van der Waals surface area contributed by atoms with Gasteiger partial charge in [0.15, 0.2) is 0 Å². The average Bonchev–Trinajstić information content (AvgIpc) is 3.29. The van der Waals surface area contributed by atoms with Crippen LogP contribution in [0.15, 0.2) is 54.7 Å². The molecule has 174 valence electrons. The van der Waals surface area contributed by atoms with Crippen LogP contribution in [0.2, 0.25) is 0 Å². The van der Waals surface area contributed by atoms with Gasteiger partial charge in [0.25, 0.3) is 11.6 Å². The van der Waals surface area contributed by atoms with E-state index in [4.69, 9.17) is 4.74 Å². The summed E-state index contributed by atoms with van der Waals surface area (Å²) in [4.78, 5) is 23.7. The van der Waals surface area contributed by atoms with E-state index >= 15 is 0 Å². The van der Waals surface area contributed by atoms with Crippen LogP contribution < -0.4 is 15.4 Å². The molecule has 33 heavy (non-hydrogen) atoms. The zero-order chi connectivity index (χ0) is 22.5. The Balaban J connectivity index is 0.00000306. The Morgan fingerprint density at radius 3 is 2.45 bits per heavy atom. The van der Waals surface area contributed by atoms with Crippen LogP contribution in [0.1, 0.15) is 40.4 Å². The molecule has 2 aromatic carbocycles. The summed E-state index contributed by atoms with van der Waals surface area (Å²) in [6.07, 6.45) is 3.36. The molecule has 4 rings (SSSR count). The highest BCUT2D eigenvalue weighted by molar-refractivity contribution is 5.95. The second-order valence-corrected chi connectivity index (χ2v) is 7.68. The molecular weight excluding hydrogens is 446 g/mol. The van der Waals surface area contributed by atoms with E-state index in [9.17, 15) is 14.9 Å². The minimum absolute atomic E-state index is 0. The first-order valence-electron chi connectivity index (χ1n) is 10.5. The fraction of sp³-hybridized carbons (Fsp3) is 0.304. The van der Waals surface area contributed by atoms with Gasteiger partial charge in [-0.3, -0.25) is 14.9 Å². The molecule has 1 fully saturated rings. The summed E-state index contributed by atoms with van der Waals surface area (Å²) in [7, 11) is 1.61. The highest BCUT2D eigenvalue weighted by atomic mass is 35.5. The molecule has 0 radical (unpaired) electrons. The first kappa shape index (κ1) is 24.2. The summed E-state index contributed by atoms with van der Waals surface area (Å²) in [5, 5.41) is 21.8. The zero-order valence-electron chi connectivity index (χ0n) is 18.2. The molecule has 2 N–H and O–H groups in total. The molecule has 0 saturated carbocycles. The molecule has 1 aromatic heterocycles. The second kappa shape index (κ2) is 10.9. The Labute approximate surface area is 197 Å². The first-order chi connectivity index (χ1) is 15.6. The molecule has 0 spiro atoms. The van der Waals surface area contributed by atoms with Gasteiger partial charge in [-0.25, -0.2) is 4.68 Å². The molecule has 2 heterocycles. The lowest BCUT2D eigenvalue weighted by atomic mass is 9.91. The SMILES string of the molecule is COc1ccc(CNC(=O)c2cnn(-c3ccc([N+](=O)[O-])cc3)c2C2CCNCC2)cc1.Cl. The van der Waals surface area contributed by atoms with E-state index in [1.165, 1.54) is 12.1 Å². The van der Waals surface area contributed by atoms with Gasteiger partial charge in [-0.1, -0.05) is 12.1 Å². The first-order valence-corrected chi connectivity index (χ1v) is 10.5. The van der Waals surface area contributed by atoms with Gasteiger partial charge in [0, 0.05) is 24.6 Å². The van der Waals surface area contributed by atoms with Crippen molar-refractivity contribution in [2.45, 2.75) is 25.3 Å². The number of nitrogens with zero attached hydrogens (tertiary/aromatic N) is 3. The molecule has 1 amide bonds. The minimum atomic E-state index is -0.432. The number of carbonyl (C=O) groups excluding carboxylic acids is 1. The summed E-state index contributed by atoms with van der Waals surface area (Å²) >= 11 is 0. The molecule has 1 saturated heterocycles. The van der Waals surface area contributed by atoms with Crippen molar-refractivity contribution in [1.29, 1.82) is 0 Å². The maximum absolute atomic E-state index is 13.1. The maximum Gasteiger partial charge on any atom is 0.269 e. The van der Waals surface area contributed by atoms with Crippen LogP contribution in [0.25, 0.3) is 5.69 Å². The number of ether oxygens (including phenoxy) is 1. The van der Waals surface area contributed by atoms with Crippen molar-refractivity contribution in [3.63, 3.8) is 0 Å². The number of hydrogen-bond donors (Lipinski definition) is 2. The number of rotatable bonds is 7. The molecule has 0 aliphatic carbocycles. The van der Waals surface area contributed by atoms with E-state index in [2.05, 4.69) is 15.7 Å². The van der Waals surface area contributed by atoms with Gasteiger partial charge in [0.1, 0.15) is 5.75 Å². The largest absolute Gasteiger partial charge is 0.497 e. The van der Waals surface area contributed by atoms with Crippen LogP contribution >= 0.6 is 12.4 Å². The second-order valence-electron chi connectivity index (χ2n) is 7.68. The highest BCUT2D eigenvalue weighted by Crippen LogP contribution is 2.30. The van der Waals surface area contributed by atoms with Crippen molar-refractivity contribution in [3.8, 4) is 11.4 Å². The van der Waals surface area contributed by atoms with Gasteiger partial charge < -0.3 is 15.4 Å². The van der Waals surface area contributed by atoms with Crippen molar-refractivity contribution in [2.24, 2.45) is 0 Å². The van der Waals surface area contributed by atoms with Crippen molar-refractivity contribution in [2.75, 3.05) is 20.2 Å². The van der Waals surface area contributed by atoms with Crippen LogP contribution in [0.3, 0.4) is 0 Å². The third kappa shape index (κ3) is 5.50. The smallest absolute Gasteiger partial charge is 0.269 e. The summed E-state index contributed by atoms with van der Waals surface area (Å²) in [6, 6.07) is 13.8. The van der Waals surface area contributed by atoms with Crippen molar-refractivity contribution < 1.29 is 14.5 Å². The lowest BCUT2D eigenvalue weighted by molar-refractivity contribution is -0.384. The van der Waals surface area contributed by atoms with Gasteiger partial charge in [0.2, 0.25) is 0 Å². The number of non-ortho nitro benzene ring substituents is 1. The molecule has 10 heteroatoms. The Kier molecular flexibility index (Phi) is 8.02. The number of benzene rings is 2. The number of nitrogens with one attached hydrogen (secondary N) is 2. The normalized spacial score (nSPS) is 13.7. The fourth-order valence-electron chi connectivity index (χ4n) is 3.96. The van der Waals surface area contributed by atoms with E-state index < -0.39 is 4.92 Å². The number of carbonyl (C=O) groups is 1. The van der Waals surface area contributed by atoms with Gasteiger partial charge >= 0.3 is 0 Å². The molecular formula is C23H26ClN5O4. The fourth-order valence-corrected chi connectivity index (χ4v) is 3.96. The van der Waals surface area contributed by atoms with E-state index in [-0.39, 0.29) is 29.9 Å². The Morgan fingerprint density at radius 1 is 1.18 bits per heavy atom. The van der Waals surface area contributed by atoms with Gasteiger partial charge in [-0.15, -0.1) is 12.4 Å². The summed E-state index contributed by atoms with van der Waals surface area (Å²) in [6.45, 7) is 2.11. The van der Waals surface area contributed by atoms with Crippen LogP contribution in [0.4, 0.5) is 5.69 Å². The van der Waals surface area contributed by atoms with Gasteiger partial charge in [-0.2, -0.15) is 5.10 Å². The number of amides is 1. The molecule has 3 aromatic rings. The molecule has 0 atom stereocenters. The molecule has 0 bridgehead atoms. The van der Waals surface area contributed by atoms with E-state index in [1.807, 2.05) is 24.3 Å². The number of aromatic nitrogens is 2. The number of halogens is 1. The summed E-state index contributed by atoms with van der Waals surface area (Å²) in [5.41, 5.74) is 3.04. The predicted octanol–water partition coefficient (Wildman–Crippen LogP) is 3.61. The average molecular weight is 472 g/mol. The quantitative estimate of drug-likeness (QED) is 0.402. The topological polar surface area (TPSA) is 111 Å². The number of nitro groups is 1. The molecule has 1 aliphatic heterocycles. The minimum Gasteiger partial charge on any atom is -0.497 e. The van der Waals surface area contributed by atoms with Crippen LogP contribution in [0.5, 0.6) is 5.75 Å². The Hall–Kier alpha value is -3.43. The predicted molar refractivity (Wildman–Crippen MR) is 126 cm³/mol. The third-order valence-corrected chi connectivity index (χ3v) is 5.69. The van der Waals surface area contributed by atoms with Crippen LogP contribution in [-0.4, -0.2) is 40.8 Å². The van der Waals surface area contributed by atoms with Crippen LogP contribution in [-0.2, 0) is 6.54 Å². The van der Waals surface area contributed by atoms with E-state index in [1.54, 1.807) is 30.1 Å². The summed E-state index contributed by atoms with van der Waals surface area (Å²) in [5.74, 6) is 0.732. The van der Waals surface area contributed by atoms with Crippen molar-refractivity contribution in [1.82, 2.24) is 20.4 Å². The molecule has 0 unspecified atom stereocenters. The van der Waals surface area contributed by atoms with Crippen molar-refractivity contribution >= 4 is 24.0 Å². The Morgan fingerprint density at radius 2 is 1.85 bits per heavy atom. The van der Waals surface area contributed by atoms with Crippen LogP contribution in [0, 0.1) is 10.1 Å². The summed E-state index contributed by atoms with van der Waals surface area (Å²) < 4.78 is 6.91. The monoisotopic (exact) mass is 471 g/mol. The van der Waals surface area contributed by atoms with E-state index in [0.29, 0.717) is 17.8 Å². The highest BCUT2D eigenvalue weighted by Gasteiger charge is 2.27. The molecule has 1 aliphatic rings. The Bertz CT molecular complexity index is 1090. The zero-order valence-corrected chi connectivity index (χ0v) is 19.0. The third-order valence-electron chi connectivity index (χ3n) is 5.69. The number of nitro benzene ring substituents is 1. The number of methoxy groups -OCH3 is 1. The number of piperidine rings is 1. The number of hydrogen-bond acceptors (Lipinski definition) is 6. The lowest BCUT2D eigenvalue weighted by Crippen LogP contribution is -2.30. The lowest BCUT2D eigenvalue weighted by Gasteiger charge is -2.24. The van der Waals surface area contributed by atoms with Gasteiger partial charge in [-0.05, 0) is 55.8 Å². The van der Waals surface area contributed by atoms with E-state index in [0.717, 1.165) is 42.9 Å². The maximum atomic E-state index is 13.1. The molecule has 9 nitrogen and oxygen atoms in total. The van der Waals surface area contributed by atoms with Gasteiger partial charge in [0.05, 0.1) is 35.2 Å². The standard InChI is InChI=1S/C23H25N5O4.ClH/c1-32-20-8-2-16(3-9-20)14-25-23(29)21-15-26-27(22(21)17-10-12-24-13-11-17)18-4-6-19(7-5-18)28(30)31;/h2-9,15,17,24H,10-14H2,1H3,(H,25,29);1H.